The lowest BCUT2D eigenvalue weighted by Gasteiger charge is -2.17. The number of hydrogen-bond acceptors (Lipinski definition) is 5. The minimum Gasteiger partial charge on any atom is -0.394 e. The standard InChI is InChI=1S/C8H9Cl3N2O4/c9-5-6(10)13(8(11)12-5)7-4(16)3(15)2(1-14)17-7/h2-4,7,14-16H,1H2/t2-,3-,4-,7-/m1/s1. The van der Waals surface area contributed by atoms with Gasteiger partial charge in [0.15, 0.2) is 16.5 Å². The van der Waals surface area contributed by atoms with Gasteiger partial charge in [0.1, 0.15) is 18.3 Å². The smallest absolute Gasteiger partial charge is 0.207 e. The third kappa shape index (κ3) is 2.15. The minimum absolute atomic E-state index is 0.00786. The van der Waals surface area contributed by atoms with Crippen molar-refractivity contribution in [3.05, 3.63) is 15.6 Å². The number of rotatable bonds is 2. The van der Waals surface area contributed by atoms with Crippen molar-refractivity contribution in [1.29, 1.82) is 0 Å². The fourth-order valence-electron chi connectivity index (χ4n) is 1.67. The molecule has 1 aromatic rings. The molecule has 0 aliphatic carbocycles. The average molecular weight is 304 g/mol. The van der Waals surface area contributed by atoms with Crippen molar-refractivity contribution in [2.45, 2.75) is 24.5 Å². The number of aliphatic hydroxyl groups excluding tert-OH is 3. The first kappa shape index (κ1) is 13.4. The predicted octanol–water partition coefficient (Wildman–Crippen LogP) is 0.455. The molecule has 0 bridgehead atoms. The normalized spacial score (nSPS) is 33.3. The van der Waals surface area contributed by atoms with E-state index in [1.165, 1.54) is 0 Å². The summed E-state index contributed by atoms with van der Waals surface area (Å²) < 4.78 is 6.39. The Morgan fingerprint density at radius 1 is 1.24 bits per heavy atom. The van der Waals surface area contributed by atoms with Gasteiger partial charge >= 0.3 is 0 Å². The summed E-state index contributed by atoms with van der Waals surface area (Å²) >= 11 is 17.3. The van der Waals surface area contributed by atoms with Crippen molar-refractivity contribution < 1.29 is 20.1 Å². The van der Waals surface area contributed by atoms with Gasteiger partial charge in [-0.05, 0) is 11.6 Å². The van der Waals surface area contributed by atoms with Gasteiger partial charge in [0.2, 0.25) is 5.28 Å². The average Bonchev–Trinajstić information content (AvgIpc) is 2.69. The van der Waals surface area contributed by atoms with E-state index >= 15 is 0 Å². The Balaban J connectivity index is 2.35. The van der Waals surface area contributed by atoms with E-state index in [9.17, 15) is 10.2 Å². The molecule has 1 fully saturated rings. The van der Waals surface area contributed by atoms with Crippen LogP contribution in [0.25, 0.3) is 0 Å². The van der Waals surface area contributed by atoms with E-state index in [2.05, 4.69) is 4.98 Å². The zero-order chi connectivity index (χ0) is 12.7. The van der Waals surface area contributed by atoms with Crippen LogP contribution < -0.4 is 0 Å². The minimum atomic E-state index is -1.28. The van der Waals surface area contributed by atoms with Crippen molar-refractivity contribution in [2.24, 2.45) is 0 Å². The number of halogens is 3. The molecule has 0 spiro atoms. The maximum absolute atomic E-state index is 9.78. The summed E-state index contributed by atoms with van der Waals surface area (Å²) in [5.74, 6) is 0. The van der Waals surface area contributed by atoms with Crippen LogP contribution in [0.15, 0.2) is 0 Å². The molecule has 0 unspecified atom stereocenters. The maximum atomic E-state index is 9.78. The highest BCUT2D eigenvalue weighted by atomic mass is 35.5. The Hall–Kier alpha value is -0.0800. The second-order valence-corrected chi connectivity index (χ2v) is 4.62. The number of imidazole rings is 1. The molecule has 1 aliphatic rings. The molecule has 0 amide bonds. The predicted molar refractivity (Wildman–Crippen MR) is 60.3 cm³/mol. The molecule has 4 atom stereocenters. The summed E-state index contributed by atoms with van der Waals surface area (Å²) in [7, 11) is 0. The van der Waals surface area contributed by atoms with E-state index in [-0.39, 0.29) is 15.6 Å². The molecule has 2 rings (SSSR count). The van der Waals surface area contributed by atoms with Crippen LogP contribution in [0, 0.1) is 0 Å². The SMILES string of the molecule is OC[C@H]1O[C@@H](n2c(Cl)nc(Cl)c2Cl)[C@H](O)[C@@H]1O. The molecular weight excluding hydrogens is 294 g/mol. The molecular formula is C8H9Cl3N2O4. The Labute approximate surface area is 111 Å². The fourth-order valence-corrected chi connectivity index (χ4v) is 2.41. The second kappa shape index (κ2) is 4.89. The van der Waals surface area contributed by atoms with Crippen LogP contribution in [0.1, 0.15) is 6.23 Å². The van der Waals surface area contributed by atoms with Crippen molar-refractivity contribution in [3.8, 4) is 0 Å². The molecule has 1 aliphatic heterocycles. The summed E-state index contributed by atoms with van der Waals surface area (Å²) in [4.78, 5) is 3.69. The topological polar surface area (TPSA) is 87.7 Å². The molecule has 96 valence electrons. The van der Waals surface area contributed by atoms with Gasteiger partial charge in [-0.2, -0.15) is 0 Å². The monoisotopic (exact) mass is 302 g/mol. The zero-order valence-corrected chi connectivity index (χ0v) is 10.6. The molecule has 0 aromatic carbocycles. The first-order chi connectivity index (χ1) is 7.97. The number of nitrogens with zero attached hydrogens (tertiary/aromatic N) is 2. The number of hydrogen-bond donors (Lipinski definition) is 3. The lowest BCUT2D eigenvalue weighted by molar-refractivity contribution is -0.0525. The van der Waals surface area contributed by atoms with E-state index in [0.29, 0.717) is 0 Å². The molecule has 2 heterocycles. The van der Waals surface area contributed by atoms with Gasteiger partial charge in [-0.1, -0.05) is 23.2 Å². The highest BCUT2D eigenvalue weighted by Gasteiger charge is 2.44. The first-order valence-electron chi connectivity index (χ1n) is 4.68. The number of ether oxygens (including phenoxy) is 1. The van der Waals surface area contributed by atoms with Gasteiger partial charge in [0.25, 0.3) is 0 Å². The molecule has 0 saturated carbocycles. The fraction of sp³-hybridized carbons (Fsp3) is 0.625. The molecule has 6 nitrogen and oxygen atoms in total. The van der Waals surface area contributed by atoms with E-state index < -0.39 is 31.1 Å². The molecule has 1 saturated heterocycles. The van der Waals surface area contributed by atoms with Crippen LogP contribution in [-0.4, -0.2) is 49.8 Å². The summed E-state index contributed by atoms with van der Waals surface area (Å²) in [6.45, 7) is -0.438. The maximum Gasteiger partial charge on any atom is 0.207 e. The zero-order valence-electron chi connectivity index (χ0n) is 8.29. The first-order valence-corrected chi connectivity index (χ1v) is 5.82. The summed E-state index contributed by atoms with van der Waals surface area (Å²) in [5.41, 5.74) is 0. The van der Waals surface area contributed by atoms with Gasteiger partial charge in [-0.25, -0.2) is 4.98 Å². The Kier molecular flexibility index (Phi) is 3.84. The second-order valence-electron chi connectivity index (χ2n) is 3.56. The molecule has 17 heavy (non-hydrogen) atoms. The van der Waals surface area contributed by atoms with Crippen LogP contribution >= 0.6 is 34.8 Å². The molecule has 0 radical (unpaired) electrons. The van der Waals surface area contributed by atoms with Crippen LogP contribution in [0.5, 0.6) is 0 Å². The third-order valence-electron chi connectivity index (χ3n) is 2.54. The van der Waals surface area contributed by atoms with Crippen molar-refractivity contribution in [2.75, 3.05) is 6.61 Å². The Morgan fingerprint density at radius 3 is 2.29 bits per heavy atom. The van der Waals surface area contributed by atoms with E-state index in [1.54, 1.807) is 0 Å². The van der Waals surface area contributed by atoms with Crippen molar-refractivity contribution >= 4 is 34.8 Å². The lowest BCUT2D eigenvalue weighted by atomic mass is 10.1. The summed E-state index contributed by atoms with van der Waals surface area (Å²) in [6, 6.07) is 0. The van der Waals surface area contributed by atoms with Crippen molar-refractivity contribution in [1.82, 2.24) is 9.55 Å². The van der Waals surface area contributed by atoms with Crippen LogP contribution in [0.2, 0.25) is 15.6 Å². The number of aromatic nitrogens is 2. The van der Waals surface area contributed by atoms with Gasteiger partial charge in [-0.15, -0.1) is 0 Å². The highest BCUT2D eigenvalue weighted by Crippen LogP contribution is 2.36. The largest absolute Gasteiger partial charge is 0.394 e. The summed E-state index contributed by atoms with van der Waals surface area (Å²) in [6.07, 6.45) is -4.48. The Morgan fingerprint density at radius 2 is 1.88 bits per heavy atom. The molecule has 9 heteroatoms. The van der Waals surface area contributed by atoms with Crippen LogP contribution in [-0.2, 0) is 4.74 Å². The number of aliphatic hydroxyl groups is 3. The summed E-state index contributed by atoms with van der Waals surface area (Å²) in [5, 5.41) is 28.2. The Bertz CT molecular complexity index is 427. The molecule has 1 aromatic heterocycles. The van der Waals surface area contributed by atoms with Crippen LogP contribution in [0.3, 0.4) is 0 Å². The third-order valence-corrected chi connectivity index (χ3v) is 3.53. The van der Waals surface area contributed by atoms with Gasteiger partial charge in [0, 0.05) is 0 Å². The van der Waals surface area contributed by atoms with Gasteiger partial charge in [0.05, 0.1) is 6.61 Å². The quantitative estimate of drug-likeness (QED) is 0.738. The van der Waals surface area contributed by atoms with E-state index in [4.69, 9.17) is 44.6 Å². The van der Waals surface area contributed by atoms with Gasteiger partial charge < -0.3 is 20.1 Å². The van der Waals surface area contributed by atoms with Crippen molar-refractivity contribution in [3.63, 3.8) is 0 Å². The van der Waals surface area contributed by atoms with E-state index in [1.807, 2.05) is 0 Å². The van der Waals surface area contributed by atoms with E-state index in [0.717, 1.165) is 4.57 Å². The molecule has 3 N–H and O–H groups in total. The van der Waals surface area contributed by atoms with Gasteiger partial charge in [-0.3, -0.25) is 4.57 Å². The van der Waals surface area contributed by atoms with Crippen LogP contribution in [0.4, 0.5) is 0 Å². The highest BCUT2D eigenvalue weighted by molar-refractivity contribution is 6.42. The lowest BCUT2D eigenvalue weighted by Crippen LogP contribution is -2.33.